The molecule has 0 spiro atoms. The minimum Gasteiger partial charge on any atom is -0.491 e. The Kier molecular flexibility index (Phi) is 4.86. The molecule has 2 aromatic carbocycles. The van der Waals surface area contributed by atoms with Crippen molar-refractivity contribution in [3.8, 4) is 17.2 Å². The van der Waals surface area contributed by atoms with Crippen LogP contribution in [0, 0.1) is 11.6 Å². The first-order chi connectivity index (χ1) is 13.2. The van der Waals surface area contributed by atoms with E-state index in [2.05, 4.69) is 10.3 Å². The van der Waals surface area contributed by atoms with E-state index in [1.165, 1.54) is 12.1 Å². The summed E-state index contributed by atoms with van der Waals surface area (Å²) < 4.78 is 44.1. The lowest BCUT2D eigenvalue weighted by molar-refractivity contribution is 0.174. The zero-order valence-electron chi connectivity index (χ0n) is 14.4. The number of halogens is 2. The van der Waals surface area contributed by atoms with Crippen molar-refractivity contribution < 1.29 is 23.0 Å². The maximum Gasteiger partial charge on any atom is 0.231 e. The highest BCUT2D eigenvalue weighted by molar-refractivity contribution is 5.44. The standard InChI is InChI=1S/C19H17F2N3O3/c20-14-4-6-17(16(21)9-14)25-7-1-2-15-11-24(23-22-15)10-13-3-5-18-19(8-13)27-12-26-18/h3-6,8-9,11H,1-2,7,10,12H2. The van der Waals surface area contributed by atoms with E-state index in [0.717, 1.165) is 28.8 Å². The van der Waals surface area contributed by atoms with Gasteiger partial charge in [0, 0.05) is 12.3 Å². The summed E-state index contributed by atoms with van der Waals surface area (Å²) in [6, 6.07) is 9.01. The summed E-state index contributed by atoms with van der Waals surface area (Å²) in [6.07, 6.45) is 3.15. The largest absolute Gasteiger partial charge is 0.491 e. The molecule has 3 aromatic rings. The zero-order valence-corrected chi connectivity index (χ0v) is 14.4. The molecule has 0 aliphatic carbocycles. The van der Waals surface area contributed by atoms with E-state index >= 15 is 0 Å². The Morgan fingerprint density at radius 1 is 1.07 bits per heavy atom. The Hall–Kier alpha value is -3.16. The third kappa shape index (κ3) is 4.16. The summed E-state index contributed by atoms with van der Waals surface area (Å²) >= 11 is 0. The van der Waals surface area contributed by atoms with Gasteiger partial charge in [-0.3, -0.25) is 0 Å². The van der Waals surface area contributed by atoms with Crippen molar-refractivity contribution >= 4 is 0 Å². The minimum atomic E-state index is -0.704. The van der Waals surface area contributed by atoms with Crippen molar-refractivity contribution in [2.24, 2.45) is 0 Å². The number of aryl methyl sites for hydroxylation is 1. The normalized spacial score (nSPS) is 12.4. The number of hydrogen-bond acceptors (Lipinski definition) is 5. The van der Waals surface area contributed by atoms with Gasteiger partial charge in [0.1, 0.15) is 5.82 Å². The average Bonchev–Trinajstić information content (AvgIpc) is 3.29. The maximum atomic E-state index is 13.5. The molecule has 0 N–H and O–H groups in total. The van der Waals surface area contributed by atoms with E-state index in [-0.39, 0.29) is 12.5 Å². The van der Waals surface area contributed by atoms with Gasteiger partial charge in [-0.2, -0.15) is 0 Å². The molecule has 0 saturated carbocycles. The van der Waals surface area contributed by atoms with Crippen LogP contribution in [0.4, 0.5) is 8.78 Å². The second kappa shape index (κ2) is 7.61. The first-order valence-electron chi connectivity index (χ1n) is 8.53. The molecule has 1 aliphatic heterocycles. The summed E-state index contributed by atoms with van der Waals surface area (Å²) in [5.41, 5.74) is 1.85. The maximum absolute atomic E-state index is 13.5. The summed E-state index contributed by atoms with van der Waals surface area (Å²) in [5, 5.41) is 8.25. The summed E-state index contributed by atoms with van der Waals surface area (Å²) in [5.74, 6) is 0.195. The van der Waals surface area contributed by atoms with E-state index < -0.39 is 11.6 Å². The molecule has 0 unspecified atom stereocenters. The van der Waals surface area contributed by atoms with E-state index in [4.69, 9.17) is 14.2 Å². The molecule has 0 bridgehead atoms. The molecule has 1 aromatic heterocycles. The first-order valence-corrected chi connectivity index (χ1v) is 8.53. The van der Waals surface area contributed by atoms with Crippen LogP contribution in [0.5, 0.6) is 17.2 Å². The molecule has 2 heterocycles. The molecule has 4 rings (SSSR count). The van der Waals surface area contributed by atoms with Gasteiger partial charge in [0.25, 0.3) is 0 Å². The van der Waals surface area contributed by atoms with Crippen LogP contribution in [0.1, 0.15) is 17.7 Å². The highest BCUT2D eigenvalue weighted by atomic mass is 19.1. The van der Waals surface area contributed by atoms with Crippen LogP contribution >= 0.6 is 0 Å². The fraction of sp³-hybridized carbons (Fsp3) is 0.263. The van der Waals surface area contributed by atoms with Gasteiger partial charge in [-0.1, -0.05) is 11.3 Å². The van der Waals surface area contributed by atoms with Gasteiger partial charge >= 0.3 is 0 Å². The lowest BCUT2D eigenvalue weighted by Gasteiger charge is -2.06. The molecule has 0 saturated heterocycles. The molecular formula is C19H17F2N3O3. The van der Waals surface area contributed by atoms with Crippen LogP contribution in [0.2, 0.25) is 0 Å². The zero-order chi connectivity index (χ0) is 18.6. The van der Waals surface area contributed by atoms with E-state index in [1.54, 1.807) is 4.68 Å². The second-order valence-corrected chi connectivity index (χ2v) is 6.12. The van der Waals surface area contributed by atoms with Gasteiger partial charge in [-0.25, -0.2) is 13.5 Å². The molecule has 8 heteroatoms. The summed E-state index contributed by atoms with van der Waals surface area (Å²) in [4.78, 5) is 0. The van der Waals surface area contributed by atoms with E-state index in [1.807, 2.05) is 24.4 Å². The van der Waals surface area contributed by atoms with Crippen molar-refractivity contribution in [1.29, 1.82) is 0 Å². The Morgan fingerprint density at radius 2 is 1.96 bits per heavy atom. The molecule has 0 amide bonds. The topological polar surface area (TPSA) is 58.4 Å². The predicted molar refractivity (Wildman–Crippen MR) is 91.9 cm³/mol. The lowest BCUT2D eigenvalue weighted by atomic mass is 10.2. The molecule has 140 valence electrons. The van der Waals surface area contributed by atoms with Gasteiger partial charge < -0.3 is 14.2 Å². The minimum absolute atomic E-state index is 0.0443. The predicted octanol–water partition coefficient (Wildman–Crippen LogP) is 3.34. The summed E-state index contributed by atoms with van der Waals surface area (Å²) in [6.45, 7) is 1.12. The molecule has 27 heavy (non-hydrogen) atoms. The van der Waals surface area contributed by atoms with Crippen LogP contribution in [-0.2, 0) is 13.0 Å². The number of benzene rings is 2. The molecule has 0 fully saturated rings. The van der Waals surface area contributed by atoms with Gasteiger partial charge in [-0.05, 0) is 42.7 Å². The van der Waals surface area contributed by atoms with E-state index in [9.17, 15) is 8.78 Å². The van der Waals surface area contributed by atoms with Crippen LogP contribution in [-0.4, -0.2) is 28.4 Å². The number of aromatic nitrogens is 3. The smallest absolute Gasteiger partial charge is 0.231 e. The van der Waals surface area contributed by atoms with Crippen LogP contribution in [0.25, 0.3) is 0 Å². The van der Waals surface area contributed by atoms with E-state index in [0.29, 0.717) is 26.0 Å². The number of nitrogens with zero attached hydrogens (tertiary/aromatic N) is 3. The highest BCUT2D eigenvalue weighted by Crippen LogP contribution is 2.32. The third-order valence-electron chi connectivity index (χ3n) is 4.10. The van der Waals surface area contributed by atoms with Crippen LogP contribution < -0.4 is 14.2 Å². The van der Waals surface area contributed by atoms with Crippen molar-refractivity contribution in [1.82, 2.24) is 15.0 Å². The molecule has 6 nitrogen and oxygen atoms in total. The van der Waals surface area contributed by atoms with Gasteiger partial charge in [0.05, 0.1) is 18.8 Å². The molecular weight excluding hydrogens is 356 g/mol. The van der Waals surface area contributed by atoms with Gasteiger partial charge in [-0.15, -0.1) is 5.10 Å². The fourth-order valence-corrected chi connectivity index (χ4v) is 2.78. The Balaban J connectivity index is 1.27. The summed E-state index contributed by atoms with van der Waals surface area (Å²) in [7, 11) is 0. The fourth-order valence-electron chi connectivity index (χ4n) is 2.78. The molecule has 0 atom stereocenters. The Labute approximate surface area is 154 Å². The Bertz CT molecular complexity index is 946. The van der Waals surface area contributed by atoms with Crippen molar-refractivity contribution in [3.05, 3.63) is 65.5 Å². The van der Waals surface area contributed by atoms with Crippen molar-refractivity contribution in [3.63, 3.8) is 0 Å². The average molecular weight is 373 g/mol. The van der Waals surface area contributed by atoms with Crippen LogP contribution in [0.3, 0.4) is 0 Å². The van der Waals surface area contributed by atoms with Crippen molar-refractivity contribution in [2.45, 2.75) is 19.4 Å². The van der Waals surface area contributed by atoms with Crippen LogP contribution in [0.15, 0.2) is 42.6 Å². The number of hydrogen-bond donors (Lipinski definition) is 0. The first kappa shape index (κ1) is 17.3. The van der Waals surface area contributed by atoms with Gasteiger partial charge in [0.15, 0.2) is 23.1 Å². The van der Waals surface area contributed by atoms with Crippen molar-refractivity contribution in [2.75, 3.05) is 13.4 Å². The number of ether oxygens (including phenoxy) is 3. The Morgan fingerprint density at radius 3 is 2.85 bits per heavy atom. The molecule has 1 aliphatic rings. The SMILES string of the molecule is Fc1ccc(OCCCc2cn(Cc3ccc4c(c3)OCO4)nn2)c(F)c1. The third-order valence-corrected chi connectivity index (χ3v) is 4.10. The quantitative estimate of drug-likeness (QED) is 0.595. The monoisotopic (exact) mass is 373 g/mol. The second-order valence-electron chi connectivity index (χ2n) is 6.12. The van der Waals surface area contributed by atoms with Gasteiger partial charge in [0.2, 0.25) is 6.79 Å². The lowest BCUT2D eigenvalue weighted by Crippen LogP contribution is -2.01. The number of fused-ring (bicyclic) bond motifs is 1. The highest BCUT2D eigenvalue weighted by Gasteiger charge is 2.13. The molecule has 0 radical (unpaired) electrons. The number of rotatable bonds is 7.